The molecule has 1 heterocycles. The van der Waals surface area contributed by atoms with Gasteiger partial charge in [-0.2, -0.15) is 0 Å². The second-order valence-electron chi connectivity index (χ2n) is 3.19. The molecule has 17 heavy (non-hydrogen) atoms. The quantitative estimate of drug-likeness (QED) is 0.832. The molecule has 1 aromatic heterocycles. The van der Waals surface area contributed by atoms with E-state index in [0.29, 0.717) is 15.5 Å². The van der Waals surface area contributed by atoms with Crippen LogP contribution in [-0.4, -0.2) is 10.1 Å². The second kappa shape index (κ2) is 5.20. The fraction of sp³-hybridized carbons (Fsp3) is 0.100. The molecule has 0 aliphatic carbocycles. The van der Waals surface area contributed by atoms with Crippen LogP contribution in [0.5, 0.6) is 5.75 Å². The van der Waals surface area contributed by atoms with Gasteiger partial charge in [0, 0.05) is 11.1 Å². The molecular formula is C10H7BrClFN2OS. The lowest BCUT2D eigenvalue weighted by molar-refractivity contribution is 0.471. The predicted octanol–water partition coefficient (Wildman–Crippen LogP) is 4.02. The van der Waals surface area contributed by atoms with E-state index in [4.69, 9.17) is 11.6 Å². The van der Waals surface area contributed by atoms with Crippen LogP contribution in [0, 0.1) is 5.82 Å². The Hall–Kier alpha value is -0.850. The van der Waals surface area contributed by atoms with Gasteiger partial charge < -0.3 is 10.4 Å². The van der Waals surface area contributed by atoms with Crippen LogP contribution in [0.3, 0.4) is 0 Å². The summed E-state index contributed by atoms with van der Waals surface area (Å²) in [6.07, 6.45) is 1.60. The summed E-state index contributed by atoms with van der Waals surface area (Å²) < 4.78 is 14.4. The van der Waals surface area contributed by atoms with Gasteiger partial charge in [-0.1, -0.05) is 11.6 Å². The van der Waals surface area contributed by atoms with Crippen LogP contribution in [0.1, 0.15) is 4.88 Å². The van der Waals surface area contributed by atoms with Gasteiger partial charge in [-0.15, -0.1) is 11.3 Å². The monoisotopic (exact) mass is 336 g/mol. The van der Waals surface area contributed by atoms with Crippen molar-refractivity contribution in [3.8, 4) is 5.75 Å². The van der Waals surface area contributed by atoms with Crippen LogP contribution in [0.4, 0.5) is 10.1 Å². The SMILES string of the molecule is Oc1ccc(Br)c(F)c1NCc1cnc(Cl)s1. The number of hydrogen-bond donors (Lipinski definition) is 2. The molecule has 0 aliphatic heterocycles. The van der Waals surface area contributed by atoms with Crippen LogP contribution in [0.25, 0.3) is 0 Å². The Bertz CT molecular complexity index is 549. The highest BCUT2D eigenvalue weighted by molar-refractivity contribution is 9.10. The van der Waals surface area contributed by atoms with Gasteiger partial charge in [0.2, 0.25) is 0 Å². The van der Waals surface area contributed by atoms with Crippen molar-refractivity contribution in [2.24, 2.45) is 0 Å². The first kappa shape index (κ1) is 12.6. The van der Waals surface area contributed by atoms with E-state index in [1.165, 1.54) is 23.5 Å². The van der Waals surface area contributed by atoms with Gasteiger partial charge in [0.15, 0.2) is 10.3 Å². The highest BCUT2D eigenvalue weighted by Crippen LogP contribution is 2.32. The van der Waals surface area contributed by atoms with E-state index in [1.54, 1.807) is 6.20 Å². The zero-order chi connectivity index (χ0) is 12.4. The molecule has 0 saturated heterocycles. The number of aromatic hydroxyl groups is 1. The Kier molecular flexibility index (Phi) is 3.86. The third kappa shape index (κ3) is 2.88. The van der Waals surface area contributed by atoms with Gasteiger partial charge in [0.1, 0.15) is 11.4 Å². The van der Waals surface area contributed by atoms with Crippen molar-refractivity contribution < 1.29 is 9.50 Å². The molecule has 0 bridgehead atoms. The number of rotatable bonds is 3. The molecule has 2 N–H and O–H groups in total. The van der Waals surface area contributed by atoms with Crippen molar-refractivity contribution in [3.05, 3.63) is 38.0 Å². The lowest BCUT2D eigenvalue weighted by Crippen LogP contribution is -2.00. The molecule has 0 atom stereocenters. The van der Waals surface area contributed by atoms with Gasteiger partial charge in [0.25, 0.3) is 0 Å². The average molecular weight is 338 g/mol. The third-order valence-corrected chi connectivity index (χ3v) is 3.76. The van der Waals surface area contributed by atoms with E-state index in [2.05, 4.69) is 26.2 Å². The molecule has 2 aromatic rings. The third-order valence-electron chi connectivity index (χ3n) is 2.04. The van der Waals surface area contributed by atoms with E-state index in [0.717, 1.165) is 4.88 Å². The highest BCUT2D eigenvalue weighted by Gasteiger charge is 2.11. The van der Waals surface area contributed by atoms with Crippen molar-refractivity contribution in [1.82, 2.24) is 4.98 Å². The van der Waals surface area contributed by atoms with Crippen LogP contribution in [0.2, 0.25) is 4.47 Å². The van der Waals surface area contributed by atoms with Crippen molar-refractivity contribution in [1.29, 1.82) is 0 Å². The molecule has 0 unspecified atom stereocenters. The standard InChI is InChI=1S/C10H7BrClFN2OS/c11-6-1-2-7(16)9(8(6)13)14-3-5-4-15-10(12)17-5/h1-2,4,14,16H,3H2. The van der Waals surface area contributed by atoms with Crippen LogP contribution < -0.4 is 5.32 Å². The maximum atomic E-state index is 13.7. The number of phenolic OH excluding ortho intramolecular Hbond substituents is 1. The van der Waals surface area contributed by atoms with Gasteiger partial charge in [-0.3, -0.25) is 0 Å². The number of nitrogens with zero attached hydrogens (tertiary/aromatic N) is 1. The summed E-state index contributed by atoms with van der Waals surface area (Å²) in [5.41, 5.74) is 0.0592. The van der Waals surface area contributed by atoms with E-state index in [9.17, 15) is 9.50 Å². The first-order chi connectivity index (χ1) is 8.08. The first-order valence-electron chi connectivity index (χ1n) is 4.59. The van der Waals surface area contributed by atoms with E-state index in [-0.39, 0.29) is 11.4 Å². The molecule has 0 saturated carbocycles. The molecule has 0 amide bonds. The lowest BCUT2D eigenvalue weighted by atomic mass is 10.2. The highest BCUT2D eigenvalue weighted by atomic mass is 79.9. The molecule has 2 rings (SSSR count). The van der Waals surface area contributed by atoms with Gasteiger partial charge in [-0.25, -0.2) is 9.37 Å². The minimum atomic E-state index is -0.527. The predicted molar refractivity (Wildman–Crippen MR) is 70.2 cm³/mol. The Balaban J connectivity index is 2.16. The van der Waals surface area contributed by atoms with Crippen molar-refractivity contribution in [2.45, 2.75) is 6.54 Å². The van der Waals surface area contributed by atoms with Crippen LogP contribution >= 0.6 is 38.9 Å². The molecule has 1 aromatic carbocycles. The van der Waals surface area contributed by atoms with E-state index < -0.39 is 5.82 Å². The Morgan fingerprint density at radius 3 is 2.94 bits per heavy atom. The topological polar surface area (TPSA) is 45.1 Å². The summed E-state index contributed by atoms with van der Waals surface area (Å²) in [5, 5.41) is 12.3. The Morgan fingerprint density at radius 1 is 1.53 bits per heavy atom. The van der Waals surface area contributed by atoms with Crippen molar-refractivity contribution in [2.75, 3.05) is 5.32 Å². The number of benzene rings is 1. The summed E-state index contributed by atoms with van der Waals surface area (Å²) in [7, 11) is 0. The number of thiazole rings is 1. The summed E-state index contributed by atoms with van der Waals surface area (Å²) in [4.78, 5) is 4.73. The number of halogens is 3. The summed E-state index contributed by atoms with van der Waals surface area (Å²) in [6, 6.07) is 2.86. The number of hydrogen-bond acceptors (Lipinski definition) is 4. The molecule has 0 radical (unpaired) electrons. The summed E-state index contributed by atoms with van der Waals surface area (Å²) in [6.45, 7) is 0.353. The molecule has 7 heteroatoms. The fourth-order valence-electron chi connectivity index (χ4n) is 1.25. The van der Waals surface area contributed by atoms with Crippen LogP contribution in [-0.2, 0) is 6.54 Å². The lowest BCUT2D eigenvalue weighted by Gasteiger charge is -2.09. The molecule has 0 spiro atoms. The molecule has 3 nitrogen and oxygen atoms in total. The largest absolute Gasteiger partial charge is 0.506 e. The smallest absolute Gasteiger partial charge is 0.183 e. The van der Waals surface area contributed by atoms with Crippen LogP contribution in [0.15, 0.2) is 22.8 Å². The zero-order valence-electron chi connectivity index (χ0n) is 8.38. The van der Waals surface area contributed by atoms with Crippen molar-refractivity contribution in [3.63, 3.8) is 0 Å². The van der Waals surface area contributed by atoms with Gasteiger partial charge >= 0.3 is 0 Å². The summed E-state index contributed by atoms with van der Waals surface area (Å²) in [5.74, 6) is -0.665. The molecule has 0 aliphatic rings. The molecular weight excluding hydrogens is 331 g/mol. The molecule has 90 valence electrons. The second-order valence-corrected chi connectivity index (χ2v) is 5.74. The Labute approximate surface area is 114 Å². The minimum absolute atomic E-state index is 0.0592. The number of phenols is 1. The number of aromatic nitrogens is 1. The average Bonchev–Trinajstić information content (AvgIpc) is 2.70. The number of anilines is 1. The van der Waals surface area contributed by atoms with E-state index in [1.807, 2.05) is 0 Å². The Morgan fingerprint density at radius 2 is 2.29 bits per heavy atom. The maximum absolute atomic E-state index is 13.7. The maximum Gasteiger partial charge on any atom is 0.183 e. The van der Waals surface area contributed by atoms with Crippen molar-refractivity contribution >= 4 is 44.6 Å². The minimum Gasteiger partial charge on any atom is -0.506 e. The zero-order valence-corrected chi connectivity index (χ0v) is 11.5. The van der Waals surface area contributed by atoms with E-state index >= 15 is 0 Å². The number of nitrogens with one attached hydrogen (secondary N) is 1. The van der Waals surface area contributed by atoms with Gasteiger partial charge in [0.05, 0.1) is 11.0 Å². The molecule has 0 fully saturated rings. The van der Waals surface area contributed by atoms with Gasteiger partial charge in [-0.05, 0) is 28.1 Å². The fourth-order valence-corrected chi connectivity index (χ4v) is 2.50. The first-order valence-corrected chi connectivity index (χ1v) is 6.57. The summed E-state index contributed by atoms with van der Waals surface area (Å²) >= 11 is 10.0. The normalized spacial score (nSPS) is 10.5.